The Bertz CT molecular complexity index is 1640. The molecule has 0 amide bonds. The smallest absolute Gasteiger partial charge is 0.235 e. The second-order valence-electron chi connectivity index (χ2n) is 9.85. The molecule has 204 valence electrons. The Morgan fingerprint density at radius 2 is 2.00 bits per heavy atom. The lowest BCUT2D eigenvalue weighted by Crippen LogP contribution is -2.26. The highest BCUT2D eigenvalue weighted by Gasteiger charge is 2.35. The van der Waals surface area contributed by atoms with Gasteiger partial charge in [-0.3, -0.25) is 9.52 Å². The van der Waals surface area contributed by atoms with E-state index in [4.69, 9.17) is 0 Å². The van der Waals surface area contributed by atoms with E-state index in [0.717, 1.165) is 30.5 Å². The van der Waals surface area contributed by atoms with Crippen LogP contribution in [0.4, 0.5) is 18.9 Å². The molecule has 0 aliphatic heterocycles. The van der Waals surface area contributed by atoms with E-state index in [2.05, 4.69) is 31.4 Å². The maximum Gasteiger partial charge on any atom is 0.235 e. The fourth-order valence-corrected chi connectivity index (χ4v) is 6.18. The van der Waals surface area contributed by atoms with Crippen molar-refractivity contribution in [3.63, 3.8) is 0 Å². The minimum absolute atomic E-state index is 0.0454. The van der Waals surface area contributed by atoms with Gasteiger partial charge >= 0.3 is 0 Å². The van der Waals surface area contributed by atoms with Gasteiger partial charge in [0.25, 0.3) is 0 Å². The summed E-state index contributed by atoms with van der Waals surface area (Å²) < 4.78 is 71.2. The molecule has 0 radical (unpaired) electrons. The highest BCUT2D eigenvalue weighted by molar-refractivity contribution is 7.93. The molecule has 1 aromatic carbocycles. The molecule has 2 aliphatic rings. The monoisotopic (exact) mass is 557 g/mol. The zero-order chi connectivity index (χ0) is 27.9. The summed E-state index contributed by atoms with van der Waals surface area (Å²) in [5.74, 6) is -2.54. The summed E-state index contributed by atoms with van der Waals surface area (Å²) in [6.45, 7) is 5.36. The van der Waals surface area contributed by atoms with Gasteiger partial charge in [0.15, 0.2) is 5.82 Å². The van der Waals surface area contributed by atoms with Crippen molar-refractivity contribution in [2.75, 3.05) is 4.72 Å². The van der Waals surface area contributed by atoms with Crippen molar-refractivity contribution in [2.45, 2.75) is 50.4 Å². The van der Waals surface area contributed by atoms with Crippen molar-refractivity contribution >= 4 is 50.7 Å². The number of allylic oxidation sites excluding steroid dienone is 1. The third-order valence-electron chi connectivity index (χ3n) is 7.06. The number of rotatable bonds is 8. The van der Waals surface area contributed by atoms with E-state index in [9.17, 15) is 22.0 Å². The predicted molar refractivity (Wildman–Crippen MR) is 144 cm³/mol. The first-order valence-corrected chi connectivity index (χ1v) is 14.0. The van der Waals surface area contributed by atoms with Crippen LogP contribution in [-0.2, 0) is 10.0 Å². The number of amidine groups is 1. The Kier molecular flexibility index (Phi) is 7.15. The quantitative estimate of drug-likeness (QED) is 0.214. The van der Waals surface area contributed by atoms with Crippen LogP contribution in [0.5, 0.6) is 0 Å². The van der Waals surface area contributed by atoms with Crippen LogP contribution in [0.1, 0.15) is 60.5 Å². The van der Waals surface area contributed by atoms with Crippen LogP contribution in [0.2, 0.25) is 0 Å². The number of alkyl halides is 1. The Morgan fingerprint density at radius 1 is 1.23 bits per heavy atom. The highest BCUT2D eigenvalue weighted by atomic mass is 32.2. The summed E-state index contributed by atoms with van der Waals surface area (Å²) in [6, 6.07) is 3.37. The molecular weight excluding hydrogens is 531 g/mol. The maximum absolute atomic E-state index is 15.4. The zero-order valence-corrected chi connectivity index (χ0v) is 21.9. The van der Waals surface area contributed by atoms with Crippen LogP contribution in [-0.4, -0.2) is 48.1 Å². The maximum atomic E-state index is 15.4. The normalized spacial score (nSPS) is 20.4. The summed E-state index contributed by atoms with van der Waals surface area (Å²) in [6.07, 6.45) is 5.24. The number of hydrogen-bond acceptors (Lipinski definition) is 5. The number of aromatic nitrogens is 2. The van der Waals surface area contributed by atoms with Gasteiger partial charge in [0.2, 0.25) is 15.8 Å². The van der Waals surface area contributed by atoms with E-state index in [1.54, 1.807) is 25.4 Å². The second-order valence-corrected chi connectivity index (χ2v) is 11.8. The van der Waals surface area contributed by atoms with E-state index in [-0.39, 0.29) is 24.8 Å². The third kappa shape index (κ3) is 5.38. The number of anilines is 1. The first kappa shape index (κ1) is 26.8. The highest BCUT2D eigenvalue weighted by Crippen LogP contribution is 2.33. The largest absolute Gasteiger partial charge is 0.345 e. The number of aliphatic imine (C=N–C) groups is 2. The number of nitrogens with zero attached hydrogens (tertiary/aromatic N) is 3. The standard InChI is InChI=1S/C27H26F3N5O3S/c1-14(11-32-26(31-2)15-3-4-15)16-9-19-20(13-34-27(19)33-12-16)25(36)23-21(29)7-8-22(24(23)30)35-39(37,38)18-6-5-17(28)10-18/h7-9,11-13,15,17-18,35H,2-6,10H2,1H3,(H,33,34)/b14-11+,32-26-/t17-,18?/m1/s1. The van der Waals surface area contributed by atoms with E-state index < -0.39 is 50.1 Å². The molecule has 5 rings (SSSR count). The Hall–Kier alpha value is -3.80. The van der Waals surface area contributed by atoms with E-state index >= 15 is 4.39 Å². The summed E-state index contributed by atoms with van der Waals surface area (Å²) in [4.78, 5) is 28.9. The molecule has 3 aromatic rings. The number of carbonyl (C=O) groups excluding carboxylic acids is 1. The summed E-state index contributed by atoms with van der Waals surface area (Å²) in [5.41, 5.74) is 0.130. The number of benzene rings is 1. The van der Waals surface area contributed by atoms with Crippen LogP contribution in [0.3, 0.4) is 0 Å². The molecule has 2 fully saturated rings. The van der Waals surface area contributed by atoms with Crippen molar-refractivity contribution in [1.82, 2.24) is 9.97 Å². The van der Waals surface area contributed by atoms with Gasteiger partial charge in [-0.1, -0.05) is 0 Å². The number of aromatic amines is 1. The van der Waals surface area contributed by atoms with Crippen molar-refractivity contribution in [3.05, 3.63) is 65.1 Å². The number of sulfonamides is 1. The van der Waals surface area contributed by atoms with Gasteiger partial charge in [0, 0.05) is 35.5 Å². The molecule has 0 spiro atoms. The van der Waals surface area contributed by atoms with Crippen molar-refractivity contribution in [2.24, 2.45) is 15.9 Å². The van der Waals surface area contributed by atoms with Gasteiger partial charge in [-0.05, 0) is 75.1 Å². The molecule has 2 aliphatic carbocycles. The van der Waals surface area contributed by atoms with Gasteiger partial charge in [-0.25, -0.2) is 36.6 Å². The van der Waals surface area contributed by atoms with Crippen LogP contribution in [0.25, 0.3) is 16.6 Å². The molecule has 2 aromatic heterocycles. The van der Waals surface area contributed by atoms with Crippen LogP contribution in [0.15, 0.2) is 46.8 Å². The Balaban J connectivity index is 1.47. The SMILES string of the molecule is C=N/C(=N\C=C(/C)c1cnc2[nH]cc(C(=O)c3c(F)ccc(NS(=O)(=O)C4CC[C@@H](F)C4)c3F)c2c1)C1CC1. The molecule has 2 saturated carbocycles. The van der Waals surface area contributed by atoms with Gasteiger partial charge in [-0.2, -0.15) is 0 Å². The Morgan fingerprint density at radius 3 is 2.67 bits per heavy atom. The van der Waals surface area contributed by atoms with E-state index in [1.807, 2.05) is 0 Å². The fraction of sp³-hybridized carbons (Fsp3) is 0.333. The first-order valence-electron chi connectivity index (χ1n) is 12.5. The molecular formula is C27H26F3N5O3S. The summed E-state index contributed by atoms with van der Waals surface area (Å²) in [5, 5.41) is -0.722. The number of nitrogens with one attached hydrogen (secondary N) is 2. The molecule has 12 heteroatoms. The third-order valence-corrected chi connectivity index (χ3v) is 8.87. The molecule has 1 unspecified atom stereocenters. The van der Waals surface area contributed by atoms with Gasteiger partial charge in [-0.15, -0.1) is 0 Å². The summed E-state index contributed by atoms with van der Waals surface area (Å²) in [7, 11) is -4.15. The molecule has 8 nitrogen and oxygen atoms in total. The lowest BCUT2D eigenvalue weighted by atomic mass is 10.00. The average molecular weight is 558 g/mol. The summed E-state index contributed by atoms with van der Waals surface area (Å²) >= 11 is 0. The second kappa shape index (κ2) is 10.4. The number of ketones is 1. The number of carbonyl (C=O) groups is 1. The zero-order valence-electron chi connectivity index (χ0n) is 21.0. The number of pyridine rings is 1. The molecule has 0 bridgehead atoms. The van der Waals surface area contributed by atoms with Gasteiger partial charge in [0.05, 0.1) is 16.5 Å². The van der Waals surface area contributed by atoms with Crippen molar-refractivity contribution in [3.8, 4) is 0 Å². The first-order chi connectivity index (χ1) is 18.6. The number of hydrogen-bond donors (Lipinski definition) is 2. The predicted octanol–water partition coefficient (Wildman–Crippen LogP) is 5.57. The van der Waals surface area contributed by atoms with Crippen molar-refractivity contribution < 1.29 is 26.4 Å². The van der Waals surface area contributed by atoms with Crippen LogP contribution < -0.4 is 4.72 Å². The molecule has 2 atom stereocenters. The fourth-order valence-electron chi connectivity index (χ4n) is 4.64. The lowest BCUT2D eigenvalue weighted by Gasteiger charge is -2.15. The molecule has 0 saturated heterocycles. The molecule has 39 heavy (non-hydrogen) atoms. The Labute approximate surface area is 223 Å². The lowest BCUT2D eigenvalue weighted by molar-refractivity contribution is 0.103. The van der Waals surface area contributed by atoms with Gasteiger partial charge in [0.1, 0.15) is 23.5 Å². The average Bonchev–Trinajstić information content (AvgIpc) is 3.49. The number of halogens is 3. The van der Waals surface area contributed by atoms with Crippen molar-refractivity contribution in [1.29, 1.82) is 0 Å². The molecule has 2 N–H and O–H groups in total. The number of H-pyrrole nitrogens is 1. The molecule has 2 heterocycles. The van der Waals surface area contributed by atoms with Crippen LogP contribution >= 0.6 is 0 Å². The number of fused-ring (bicyclic) bond motifs is 1. The topological polar surface area (TPSA) is 117 Å². The van der Waals surface area contributed by atoms with E-state index in [1.165, 1.54) is 6.20 Å². The van der Waals surface area contributed by atoms with Crippen LogP contribution in [0, 0.1) is 17.6 Å². The van der Waals surface area contributed by atoms with E-state index in [0.29, 0.717) is 28.4 Å². The van der Waals surface area contributed by atoms with Gasteiger partial charge < -0.3 is 4.98 Å². The minimum atomic E-state index is -4.15. The minimum Gasteiger partial charge on any atom is -0.345 e.